The maximum Gasteiger partial charge on any atom is 0.328 e. The molecule has 1 fully saturated rings. The molecule has 2 aromatic carbocycles. The fourth-order valence-electron chi connectivity index (χ4n) is 3.70. The molecule has 0 atom stereocenters. The molecule has 2 aromatic rings. The monoisotopic (exact) mass is 518 g/mol. The number of hydrogen-bond acceptors (Lipinski definition) is 7. The van der Waals surface area contributed by atoms with Gasteiger partial charge in [0, 0.05) is 29.9 Å². The Morgan fingerprint density at radius 2 is 1.78 bits per heavy atom. The largest absolute Gasteiger partial charge is 0.496 e. The molecule has 4 N–H and O–H groups in total. The smallest absolute Gasteiger partial charge is 0.328 e. The Hall–Kier alpha value is -3.64. The summed E-state index contributed by atoms with van der Waals surface area (Å²) >= 11 is 0. The first-order valence-electron chi connectivity index (χ1n) is 11.2. The highest BCUT2D eigenvalue weighted by molar-refractivity contribution is 7.92. The first-order chi connectivity index (χ1) is 16.9. The van der Waals surface area contributed by atoms with E-state index < -0.39 is 39.7 Å². The van der Waals surface area contributed by atoms with Gasteiger partial charge in [-0.1, -0.05) is 20.8 Å². The number of imide groups is 1. The summed E-state index contributed by atoms with van der Waals surface area (Å²) in [6.45, 7) is 5.50. The molecule has 0 spiro atoms. The predicted octanol–water partition coefficient (Wildman–Crippen LogP) is 2.43. The Balaban J connectivity index is 1.97. The molecule has 1 aliphatic heterocycles. The van der Waals surface area contributed by atoms with E-state index in [4.69, 9.17) is 9.84 Å². The molecule has 0 radical (unpaired) electrons. The third-order valence-electron chi connectivity index (χ3n) is 5.43. The van der Waals surface area contributed by atoms with Crippen molar-refractivity contribution in [2.75, 3.05) is 41.0 Å². The summed E-state index contributed by atoms with van der Waals surface area (Å²) in [7, 11) is -2.25. The number of ether oxygens (including phenoxy) is 1. The van der Waals surface area contributed by atoms with Crippen LogP contribution in [0, 0.1) is 0 Å². The van der Waals surface area contributed by atoms with Gasteiger partial charge in [0.15, 0.2) is 0 Å². The number of benzene rings is 2. The summed E-state index contributed by atoms with van der Waals surface area (Å²) < 4.78 is 31.6. The van der Waals surface area contributed by atoms with Crippen molar-refractivity contribution in [1.82, 2.24) is 5.32 Å². The molecule has 4 amide bonds. The van der Waals surface area contributed by atoms with Gasteiger partial charge in [0.1, 0.15) is 5.75 Å². The standard InChI is InChI=1S/C24H30N4O7S/c1-24(2,3)19-14-17(28-20(30)9-10-25-23(28)32)13-18(21(19)35-4)22(31)26-15-5-7-16(8-6-15)27-36(33,34)12-11-29/h5-8,13-14,27,29H,9-12H2,1-4H3,(H,25,32)(H,26,31). The van der Waals surface area contributed by atoms with E-state index in [2.05, 4.69) is 15.4 Å². The van der Waals surface area contributed by atoms with Gasteiger partial charge in [-0.25, -0.2) is 18.1 Å². The number of methoxy groups -OCH3 is 1. The average molecular weight is 519 g/mol. The highest BCUT2D eigenvalue weighted by Gasteiger charge is 2.32. The highest BCUT2D eigenvalue weighted by atomic mass is 32.2. The maximum atomic E-state index is 13.3. The van der Waals surface area contributed by atoms with Crippen LogP contribution in [0.15, 0.2) is 36.4 Å². The summed E-state index contributed by atoms with van der Waals surface area (Å²) in [5.41, 5.74) is 1.17. The fraction of sp³-hybridized carbons (Fsp3) is 0.375. The molecule has 12 heteroatoms. The Morgan fingerprint density at radius 1 is 1.14 bits per heavy atom. The van der Waals surface area contributed by atoms with E-state index >= 15 is 0 Å². The number of aliphatic hydroxyl groups excluding tert-OH is 1. The normalized spacial score (nSPS) is 14.3. The topological polar surface area (TPSA) is 154 Å². The molecule has 0 aromatic heterocycles. The van der Waals surface area contributed by atoms with E-state index in [1.165, 1.54) is 37.4 Å². The number of carbonyl (C=O) groups excluding carboxylic acids is 3. The fourth-order valence-corrected chi connectivity index (χ4v) is 4.54. The molecule has 0 aliphatic carbocycles. The van der Waals surface area contributed by atoms with E-state index in [0.717, 1.165) is 4.90 Å². The molecule has 0 unspecified atom stereocenters. The summed E-state index contributed by atoms with van der Waals surface area (Å²) in [4.78, 5) is 39.4. The van der Waals surface area contributed by atoms with Gasteiger partial charge in [-0.15, -0.1) is 0 Å². The lowest BCUT2D eigenvalue weighted by Gasteiger charge is -2.30. The summed E-state index contributed by atoms with van der Waals surface area (Å²) in [5.74, 6) is -1.05. The van der Waals surface area contributed by atoms with Crippen molar-refractivity contribution in [2.24, 2.45) is 0 Å². The molecule has 11 nitrogen and oxygen atoms in total. The van der Waals surface area contributed by atoms with Crippen LogP contribution in [-0.4, -0.2) is 57.4 Å². The first-order valence-corrected chi connectivity index (χ1v) is 12.9. The van der Waals surface area contributed by atoms with Crippen molar-refractivity contribution in [2.45, 2.75) is 32.6 Å². The first kappa shape index (κ1) is 27.0. The van der Waals surface area contributed by atoms with Gasteiger partial charge in [-0.05, 0) is 41.8 Å². The van der Waals surface area contributed by atoms with Crippen molar-refractivity contribution in [1.29, 1.82) is 0 Å². The molecule has 0 saturated carbocycles. The molecule has 194 valence electrons. The van der Waals surface area contributed by atoms with Crippen LogP contribution in [0.1, 0.15) is 43.1 Å². The quantitative estimate of drug-likeness (QED) is 0.418. The average Bonchev–Trinajstić information content (AvgIpc) is 2.78. The zero-order chi connectivity index (χ0) is 26.7. The van der Waals surface area contributed by atoms with Gasteiger partial charge in [0.2, 0.25) is 15.9 Å². The number of anilines is 3. The number of rotatable bonds is 8. The molecular formula is C24H30N4O7S. The molecule has 1 aliphatic rings. The molecule has 1 saturated heterocycles. The van der Waals surface area contributed by atoms with Crippen molar-refractivity contribution in [3.63, 3.8) is 0 Å². The maximum absolute atomic E-state index is 13.3. The zero-order valence-corrected chi connectivity index (χ0v) is 21.4. The lowest BCUT2D eigenvalue weighted by atomic mass is 9.84. The van der Waals surface area contributed by atoms with Gasteiger partial charge in [-0.2, -0.15) is 0 Å². The van der Waals surface area contributed by atoms with Gasteiger partial charge in [0.05, 0.1) is 30.7 Å². The second-order valence-electron chi connectivity index (χ2n) is 9.21. The molecule has 0 bridgehead atoms. The number of urea groups is 1. The van der Waals surface area contributed by atoms with Crippen molar-refractivity contribution in [3.05, 3.63) is 47.5 Å². The van der Waals surface area contributed by atoms with Crippen LogP contribution in [0.2, 0.25) is 0 Å². The van der Waals surface area contributed by atoms with Gasteiger partial charge in [-0.3, -0.25) is 14.3 Å². The molecule has 1 heterocycles. The predicted molar refractivity (Wildman–Crippen MR) is 136 cm³/mol. The number of nitrogens with zero attached hydrogens (tertiary/aromatic N) is 1. The minimum Gasteiger partial charge on any atom is -0.496 e. The Labute approximate surface area is 209 Å². The summed E-state index contributed by atoms with van der Waals surface area (Å²) in [5, 5.41) is 14.2. The van der Waals surface area contributed by atoms with E-state index in [1.54, 1.807) is 6.07 Å². The van der Waals surface area contributed by atoms with Crippen molar-refractivity contribution >= 4 is 44.9 Å². The van der Waals surface area contributed by atoms with Gasteiger partial charge in [0.25, 0.3) is 5.91 Å². The third kappa shape index (κ3) is 6.13. The molecular weight excluding hydrogens is 488 g/mol. The van der Waals surface area contributed by atoms with Crippen LogP contribution in [-0.2, 0) is 20.2 Å². The lowest BCUT2D eigenvalue weighted by Crippen LogP contribution is -2.50. The Kier molecular flexibility index (Phi) is 7.89. The second-order valence-corrected chi connectivity index (χ2v) is 11.1. The third-order valence-corrected chi connectivity index (χ3v) is 6.70. The number of aliphatic hydroxyl groups is 1. The summed E-state index contributed by atoms with van der Waals surface area (Å²) in [6, 6.07) is 8.50. The number of sulfonamides is 1. The molecule has 36 heavy (non-hydrogen) atoms. The van der Waals surface area contributed by atoms with Crippen molar-refractivity contribution < 1.29 is 32.6 Å². The van der Waals surface area contributed by atoms with E-state index in [-0.39, 0.29) is 35.8 Å². The van der Waals surface area contributed by atoms with Crippen LogP contribution in [0.3, 0.4) is 0 Å². The van der Waals surface area contributed by atoms with Gasteiger partial charge >= 0.3 is 6.03 Å². The Morgan fingerprint density at radius 3 is 2.33 bits per heavy atom. The Bertz CT molecular complexity index is 1250. The lowest BCUT2D eigenvalue weighted by molar-refractivity contribution is -0.118. The van der Waals surface area contributed by atoms with Crippen LogP contribution in [0.4, 0.5) is 21.9 Å². The van der Waals surface area contributed by atoms with E-state index in [9.17, 15) is 22.8 Å². The number of hydrogen-bond donors (Lipinski definition) is 4. The summed E-state index contributed by atoms with van der Waals surface area (Å²) in [6.07, 6.45) is 0.137. The van der Waals surface area contributed by atoms with Crippen LogP contribution >= 0.6 is 0 Å². The van der Waals surface area contributed by atoms with Gasteiger partial charge < -0.3 is 20.5 Å². The second kappa shape index (κ2) is 10.5. The van der Waals surface area contributed by atoms with E-state index in [1.807, 2.05) is 20.8 Å². The zero-order valence-electron chi connectivity index (χ0n) is 20.5. The number of carbonyl (C=O) groups is 3. The molecule has 3 rings (SSSR count). The van der Waals surface area contributed by atoms with E-state index in [0.29, 0.717) is 17.0 Å². The SMILES string of the molecule is COc1c(C(=O)Nc2ccc(NS(=O)(=O)CCO)cc2)cc(N2C(=O)CCNC2=O)cc1C(C)(C)C. The van der Waals surface area contributed by atoms with Crippen LogP contribution < -0.4 is 25.0 Å². The van der Waals surface area contributed by atoms with Crippen LogP contribution in [0.5, 0.6) is 5.75 Å². The highest BCUT2D eigenvalue weighted by Crippen LogP contribution is 2.38. The van der Waals surface area contributed by atoms with Crippen molar-refractivity contribution in [3.8, 4) is 5.75 Å². The minimum atomic E-state index is -3.68. The number of amides is 4. The number of nitrogens with one attached hydrogen (secondary N) is 3. The van der Waals surface area contributed by atoms with Crippen LogP contribution in [0.25, 0.3) is 0 Å². The minimum absolute atomic E-state index is 0.124.